The van der Waals surface area contributed by atoms with Gasteiger partial charge in [-0.15, -0.1) is 0 Å². The molecule has 0 unspecified atom stereocenters. The van der Waals surface area contributed by atoms with Gasteiger partial charge in [-0.05, 0) is 36.8 Å². The highest BCUT2D eigenvalue weighted by Crippen LogP contribution is 2.21. The summed E-state index contributed by atoms with van der Waals surface area (Å²) in [5, 5.41) is 3.08. The minimum absolute atomic E-state index is 0.116. The van der Waals surface area contributed by atoms with Crippen LogP contribution in [-0.4, -0.2) is 38.7 Å². The highest BCUT2D eigenvalue weighted by Gasteiger charge is 2.14. The molecule has 156 valence electrons. The molecule has 1 heterocycles. The van der Waals surface area contributed by atoms with Gasteiger partial charge in [0.15, 0.2) is 6.61 Å². The van der Waals surface area contributed by atoms with Gasteiger partial charge >= 0.3 is 11.6 Å². The van der Waals surface area contributed by atoms with Crippen molar-refractivity contribution in [2.24, 2.45) is 0 Å². The van der Waals surface area contributed by atoms with Crippen LogP contribution in [0, 0.1) is 6.92 Å². The maximum atomic E-state index is 12.1. The molecule has 0 bridgehead atoms. The number of rotatable bonds is 8. The van der Waals surface area contributed by atoms with Gasteiger partial charge in [0.2, 0.25) is 0 Å². The summed E-state index contributed by atoms with van der Waals surface area (Å²) in [7, 11) is 1.51. The number of hydrogen-bond acceptors (Lipinski definition) is 7. The maximum absolute atomic E-state index is 12.1. The SMILES string of the molecule is COCCNC(=O)c1cc2ccc(OC(=O)COc3ccccc3C)cc2oc1=O. The summed E-state index contributed by atoms with van der Waals surface area (Å²) >= 11 is 0. The number of para-hydroxylation sites is 1. The summed E-state index contributed by atoms with van der Waals surface area (Å²) in [5.41, 5.74) is 0.192. The molecular formula is C22H21NO7. The number of carbonyl (C=O) groups excluding carboxylic acids is 2. The van der Waals surface area contributed by atoms with Gasteiger partial charge in [-0.25, -0.2) is 9.59 Å². The molecule has 0 saturated carbocycles. The minimum atomic E-state index is -0.788. The van der Waals surface area contributed by atoms with Crippen LogP contribution in [-0.2, 0) is 9.53 Å². The van der Waals surface area contributed by atoms with Crippen LogP contribution in [0.25, 0.3) is 11.0 Å². The van der Waals surface area contributed by atoms with E-state index in [0.29, 0.717) is 17.7 Å². The maximum Gasteiger partial charge on any atom is 0.349 e. The van der Waals surface area contributed by atoms with E-state index >= 15 is 0 Å². The fourth-order valence-corrected chi connectivity index (χ4v) is 2.69. The molecule has 1 aromatic heterocycles. The number of esters is 1. The van der Waals surface area contributed by atoms with Crippen LogP contribution in [0.2, 0.25) is 0 Å². The van der Waals surface area contributed by atoms with Gasteiger partial charge in [0.25, 0.3) is 5.91 Å². The number of aryl methyl sites for hydroxylation is 1. The van der Waals surface area contributed by atoms with Gasteiger partial charge in [-0.3, -0.25) is 4.79 Å². The van der Waals surface area contributed by atoms with Crippen LogP contribution in [0.15, 0.2) is 57.7 Å². The number of hydrogen-bond donors (Lipinski definition) is 1. The van der Waals surface area contributed by atoms with Crippen molar-refractivity contribution >= 4 is 22.8 Å². The highest BCUT2D eigenvalue weighted by molar-refractivity contribution is 5.96. The molecule has 0 aliphatic heterocycles. The molecule has 0 fully saturated rings. The molecule has 3 rings (SSSR count). The number of carbonyl (C=O) groups is 2. The van der Waals surface area contributed by atoms with E-state index in [9.17, 15) is 14.4 Å². The summed E-state index contributed by atoms with van der Waals surface area (Å²) in [6.45, 7) is 2.20. The first-order chi connectivity index (χ1) is 14.5. The van der Waals surface area contributed by atoms with Gasteiger partial charge in [0.05, 0.1) is 6.61 Å². The van der Waals surface area contributed by atoms with E-state index in [1.165, 1.54) is 19.2 Å². The van der Waals surface area contributed by atoms with Crippen LogP contribution in [0.4, 0.5) is 0 Å². The van der Waals surface area contributed by atoms with Crippen molar-refractivity contribution in [1.29, 1.82) is 0 Å². The molecule has 8 heteroatoms. The largest absolute Gasteiger partial charge is 0.482 e. The number of nitrogens with one attached hydrogen (secondary N) is 1. The standard InChI is InChI=1S/C22H21NO7/c1-14-5-3-4-6-18(14)28-13-20(24)29-16-8-7-15-11-17(21(25)23-9-10-27-2)22(26)30-19(15)12-16/h3-8,11-12H,9-10,13H2,1-2H3,(H,23,25). The van der Waals surface area contributed by atoms with Crippen molar-refractivity contribution in [3.63, 3.8) is 0 Å². The summed E-state index contributed by atoms with van der Waals surface area (Å²) < 4.78 is 20.8. The monoisotopic (exact) mass is 411 g/mol. The van der Waals surface area contributed by atoms with E-state index in [2.05, 4.69) is 5.32 Å². The second-order valence-electron chi connectivity index (χ2n) is 6.42. The number of fused-ring (bicyclic) bond motifs is 1. The number of benzene rings is 2. The Balaban J connectivity index is 1.68. The second-order valence-corrected chi connectivity index (χ2v) is 6.42. The fraction of sp³-hybridized carbons (Fsp3) is 0.227. The molecule has 0 aliphatic rings. The molecule has 3 aromatic rings. The smallest absolute Gasteiger partial charge is 0.349 e. The Morgan fingerprint density at radius 2 is 1.90 bits per heavy atom. The zero-order valence-corrected chi connectivity index (χ0v) is 16.6. The molecule has 0 saturated heterocycles. The Hall–Kier alpha value is -3.65. The third kappa shape index (κ3) is 5.24. The quantitative estimate of drug-likeness (QED) is 0.263. The first-order valence-corrected chi connectivity index (χ1v) is 9.22. The summed E-state index contributed by atoms with van der Waals surface area (Å²) in [4.78, 5) is 36.3. The Morgan fingerprint density at radius 3 is 2.67 bits per heavy atom. The van der Waals surface area contributed by atoms with Gasteiger partial charge in [-0.1, -0.05) is 18.2 Å². The molecule has 8 nitrogen and oxygen atoms in total. The predicted octanol–water partition coefficient (Wildman–Crippen LogP) is 2.46. The van der Waals surface area contributed by atoms with Crippen molar-refractivity contribution in [1.82, 2.24) is 5.32 Å². The lowest BCUT2D eigenvalue weighted by molar-refractivity contribution is -0.136. The minimum Gasteiger partial charge on any atom is -0.482 e. The number of amides is 1. The van der Waals surface area contributed by atoms with Crippen LogP contribution < -0.4 is 20.4 Å². The van der Waals surface area contributed by atoms with Crippen molar-refractivity contribution in [2.75, 3.05) is 26.9 Å². The molecule has 1 N–H and O–H groups in total. The Kier molecular flexibility index (Phi) is 6.82. The summed E-state index contributed by atoms with van der Waals surface area (Å²) in [5.74, 6) is -0.364. The highest BCUT2D eigenvalue weighted by atomic mass is 16.6. The van der Waals surface area contributed by atoms with E-state index in [4.69, 9.17) is 18.6 Å². The molecule has 0 aliphatic carbocycles. The van der Waals surface area contributed by atoms with Crippen LogP contribution >= 0.6 is 0 Å². The van der Waals surface area contributed by atoms with E-state index < -0.39 is 17.5 Å². The molecule has 0 spiro atoms. The Morgan fingerprint density at radius 1 is 1.10 bits per heavy atom. The first-order valence-electron chi connectivity index (χ1n) is 9.22. The number of methoxy groups -OCH3 is 1. The zero-order valence-electron chi connectivity index (χ0n) is 16.6. The van der Waals surface area contributed by atoms with Crippen LogP contribution in [0.3, 0.4) is 0 Å². The topological polar surface area (TPSA) is 104 Å². The molecule has 0 atom stereocenters. The third-order valence-electron chi connectivity index (χ3n) is 4.21. The molecular weight excluding hydrogens is 390 g/mol. The van der Waals surface area contributed by atoms with Gasteiger partial charge in [0, 0.05) is 25.1 Å². The van der Waals surface area contributed by atoms with Gasteiger partial charge in [0.1, 0.15) is 22.6 Å². The first kappa shape index (κ1) is 21.1. The van der Waals surface area contributed by atoms with Gasteiger partial charge < -0.3 is 23.9 Å². The predicted molar refractivity (Wildman–Crippen MR) is 109 cm³/mol. The molecule has 0 radical (unpaired) electrons. The van der Waals surface area contributed by atoms with Crippen LogP contribution in [0.1, 0.15) is 15.9 Å². The molecule has 30 heavy (non-hydrogen) atoms. The van der Waals surface area contributed by atoms with Crippen molar-refractivity contribution in [2.45, 2.75) is 6.92 Å². The van der Waals surface area contributed by atoms with E-state index in [1.807, 2.05) is 25.1 Å². The average Bonchev–Trinajstić information content (AvgIpc) is 2.72. The average molecular weight is 411 g/mol. The van der Waals surface area contributed by atoms with Crippen molar-refractivity contribution in [3.05, 3.63) is 70.1 Å². The molecule has 1 amide bonds. The Labute approximate surface area is 172 Å². The van der Waals surface area contributed by atoms with E-state index in [-0.39, 0.29) is 30.0 Å². The lowest BCUT2D eigenvalue weighted by atomic mass is 10.1. The number of ether oxygens (including phenoxy) is 3. The summed E-state index contributed by atoms with van der Waals surface area (Å²) in [6.07, 6.45) is 0. The van der Waals surface area contributed by atoms with E-state index in [1.54, 1.807) is 18.2 Å². The van der Waals surface area contributed by atoms with Crippen molar-refractivity contribution in [3.8, 4) is 11.5 Å². The van der Waals surface area contributed by atoms with Gasteiger partial charge in [-0.2, -0.15) is 0 Å². The fourth-order valence-electron chi connectivity index (χ4n) is 2.69. The lowest BCUT2D eigenvalue weighted by Gasteiger charge is -2.09. The normalized spacial score (nSPS) is 10.6. The third-order valence-corrected chi connectivity index (χ3v) is 4.21. The molecule has 2 aromatic carbocycles. The van der Waals surface area contributed by atoms with Crippen molar-refractivity contribution < 1.29 is 28.2 Å². The second kappa shape index (κ2) is 9.71. The van der Waals surface area contributed by atoms with E-state index in [0.717, 1.165) is 5.56 Å². The van der Waals surface area contributed by atoms with Crippen LogP contribution in [0.5, 0.6) is 11.5 Å². The Bertz CT molecular complexity index is 1120. The summed E-state index contributed by atoms with van der Waals surface area (Å²) in [6, 6.07) is 13.3. The zero-order chi connectivity index (χ0) is 21.5. The lowest BCUT2D eigenvalue weighted by Crippen LogP contribution is -2.30.